The lowest BCUT2D eigenvalue weighted by Crippen LogP contribution is -2.34. The molecule has 0 saturated heterocycles. The van der Waals surface area contributed by atoms with Crippen LogP contribution in [0.4, 0.5) is 10.5 Å². The zero-order valence-electron chi connectivity index (χ0n) is 18.5. The van der Waals surface area contributed by atoms with Gasteiger partial charge in [0.25, 0.3) is 5.56 Å². The highest BCUT2D eigenvalue weighted by Crippen LogP contribution is 2.23. The Morgan fingerprint density at radius 3 is 2.59 bits per heavy atom. The van der Waals surface area contributed by atoms with Crippen molar-refractivity contribution in [3.63, 3.8) is 0 Å². The minimum atomic E-state index is -0.598. The molecule has 0 unspecified atom stereocenters. The van der Waals surface area contributed by atoms with Crippen molar-refractivity contribution in [1.82, 2.24) is 19.5 Å². The van der Waals surface area contributed by atoms with E-state index in [1.165, 1.54) is 4.90 Å². The molecule has 0 spiro atoms. The first-order chi connectivity index (χ1) is 15.2. The summed E-state index contributed by atoms with van der Waals surface area (Å²) in [7, 11) is 1.64. The third kappa shape index (κ3) is 4.54. The third-order valence-electron chi connectivity index (χ3n) is 4.85. The van der Waals surface area contributed by atoms with E-state index in [0.717, 1.165) is 5.56 Å². The molecule has 4 rings (SSSR count). The largest absolute Gasteiger partial charge is 0.443 e. The smallest absolute Gasteiger partial charge is 0.414 e. The molecule has 8 heteroatoms. The molecule has 0 radical (unpaired) electrons. The maximum atomic E-state index is 12.9. The van der Waals surface area contributed by atoms with Crippen LogP contribution in [0.1, 0.15) is 26.3 Å². The zero-order valence-corrected chi connectivity index (χ0v) is 18.5. The number of carbonyl (C=O) groups excluding carboxylic acids is 1. The molecular weight excluding hydrogens is 406 g/mol. The Morgan fingerprint density at radius 2 is 1.88 bits per heavy atom. The van der Waals surface area contributed by atoms with Gasteiger partial charge in [-0.1, -0.05) is 42.5 Å². The van der Waals surface area contributed by atoms with E-state index in [2.05, 4.69) is 15.0 Å². The highest BCUT2D eigenvalue weighted by molar-refractivity contribution is 5.88. The number of fused-ring (bicyclic) bond motifs is 1. The molecule has 1 N–H and O–H groups in total. The third-order valence-corrected chi connectivity index (χ3v) is 4.85. The van der Waals surface area contributed by atoms with Crippen LogP contribution in [0.2, 0.25) is 0 Å². The Labute approximate surface area is 185 Å². The summed E-state index contributed by atoms with van der Waals surface area (Å²) in [5.41, 5.74) is 2.26. The molecule has 1 amide bonds. The van der Waals surface area contributed by atoms with Gasteiger partial charge in [-0.05, 0) is 38.5 Å². The van der Waals surface area contributed by atoms with Gasteiger partial charge in [-0.3, -0.25) is 9.69 Å². The number of benzene rings is 2. The Morgan fingerprint density at radius 1 is 1.12 bits per heavy atom. The number of imidazole rings is 1. The van der Waals surface area contributed by atoms with Crippen LogP contribution >= 0.6 is 0 Å². The number of aromatic nitrogens is 4. The number of carbonyl (C=O) groups is 1. The number of H-pyrrole nitrogens is 1. The monoisotopic (exact) mass is 431 g/mol. The van der Waals surface area contributed by atoms with E-state index in [9.17, 15) is 9.59 Å². The zero-order chi connectivity index (χ0) is 22.9. The van der Waals surface area contributed by atoms with Crippen molar-refractivity contribution in [1.29, 1.82) is 0 Å². The second-order valence-corrected chi connectivity index (χ2v) is 8.53. The van der Waals surface area contributed by atoms with Crippen LogP contribution in [0.5, 0.6) is 0 Å². The summed E-state index contributed by atoms with van der Waals surface area (Å²) in [6.45, 7) is 5.97. The fraction of sp³-hybridized carbons (Fsp3) is 0.250. The average Bonchev–Trinajstić information content (AvgIpc) is 3.16. The summed E-state index contributed by atoms with van der Waals surface area (Å²) in [6.07, 6.45) is 1.15. The maximum absolute atomic E-state index is 12.9. The van der Waals surface area contributed by atoms with E-state index >= 15 is 0 Å². The van der Waals surface area contributed by atoms with Crippen molar-refractivity contribution in [2.24, 2.45) is 0 Å². The van der Waals surface area contributed by atoms with Crippen molar-refractivity contribution in [2.45, 2.75) is 32.9 Å². The van der Waals surface area contributed by atoms with Crippen LogP contribution in [-0.4, -0.2) is 38.3 Å². The Balaban J connectivity index is 1.65. The minimum Gasteiger partial charge on any atom is -0.443 e. The topological polar surface area (TPSA) is 93.1 Å². The fourth-order valence-corrected chi connectivity index (χ4v) is 3.32. The van der Waals surface area contributed by atoms with E-state index < -0.39 is 11.7 Å². The molecule has 8 nitrogen and oxygen atoms in total. The van der Waals surface area contributed by atoms with Crippen LogP contribution in [0, 0.1) is 0 Å². The molecule has 0 aliphatic heterocycles. The van der Waals surface area contributed by atoms with Crippen LogP contribution in [0.15, 0.2) is 65.7 Å². The molecule has 0 aliphatic rings. The van der Waals surface area contributed by atoms with Crippen LogP contribution < -0.4 is 10.5 Å². The maximum Gasteiger partial charge on any atom is 0.414 e. The summed E-state index contributed by atoms with van der Waals surface area (Å²) >= 11 is 0. The van der Waals surface area contributed by atoms with E-state index in [4.69, 9.17) is 4.74 Å². The van der Waals surface area contributed by atoms with Gasteiger partial charge in [-0.2, -0.15) is 0 Å². The van der Waals surface area contributed by atoms with Gasteiger partial charge in [0.05, 0.1) is 6.33 Å². The van der Waals surface area contributed by atoms with Gasteiger partial charge in [-0.15, -0.1) is 0 Å². The van der Waals surface area contributed by atoms with Gasteiger partial charge < -0.3 is 14.3 Å². The first kappa shape index (κ1) is 21.3. The summed E-state index contributed by atoms with van der Waals surface area (Å²) in [5, 5.41) is 0. The predicted molar refractivity (Wildman–Crippen MR) is 124 cm³/mol. The molecule has 32 heavy (non-hydrogen) atoms. The van der Waals surface area contributed by atoms with E-state index in [0.29, 0.717) is 34.8 Å². The van der Waals surface area contributed by atoms with Gasteiger partial charge >= 0.3 is 6.09 Å². The van der Waals surface area contributed by atoms with Crippen molar-refractivity contribution < 1.29 is 9.53 Å². The Kier molecular flexibility index (Phi) is 5.52. The molecule has 4 aromatic rings. The first-order valence-corrected chi connectivity index (χ1v) is 10.3. The number of ether oxygens (including phenoxy) is 1. The number of hydrogen-bond acceptors (Lipinski definition) is 5. The van der Waals surface area contributed by atoms with Gasteiger partial charge in [0.15, 0.2) is 11.2 Å². The summed E-state index contributed by atoms with van der Waals surface area (Å²) < 4.78 is 7.21. The highest BCUT2D eigenvalue weighted by atomic mass is 16.6. The summed E-state index contributed by atoms with van der Waals surface area (Å²) in [4.78, 5) is 38.4. The molecule has 0 bridgehead atoms. The standard InChI is InChI=1S/C24H25N5O3/c1-24(2,3)32-23(31)28(4)18-12-8-11-17(13-18)20-26-21-19(22(30)27-20)29(15-25-21)14-16-9-6-5-7-10-16/h5-13,15H,14H2,1-4H3,(H,26,27,30). The van der Waals surface area contributed by atoms with Crippen molar-refractivity contribution in [3.05, 3.63) is 76.8 Å². The van der Waals surface area contributed by atoms with E-state index in [-0.39, 0.29) is 5.56 Å². The predicted octanol–water partition coefficient (Wildman–Crippen LogP) is 4.21. The summed E-state index contributed by atoms with van der Waals surface area (Å²) in [5.74, 6) is 0.381. The SMILES string of the molecule is CN(C(=O)OC(C)(C)C)c1cccc(-c2nc3ncn(Cc4ccccc4)c3c(=O)[nH]2)c1. The van der Waals surface area contributed by atoms with E-state index in [1.807, 2.05) is 57.2 Å². The normalized spacial score (nSPS) is 11.5. The molecule has 0 saturated carbocycles. The second kappa shape index (κ2) is 8.30. The molecule has 2 heterocycles. The Hall–Kier alpha value is -3.94. The highest BCUT2D eigenvalue weighted by Gasteiger charge is 2.21. The molecule has 0 aliphatic carbocycles. The van der Waals surface area contributed by atoms with Crippen molar-refractivity contribution in [3.8, 4) is 11.4 Å². The lowest BCUT2D eigenvalue weighted by atomic mass is 10.1. The van der Waals surface area contributed by atoms with Gasteiger partial charge in [0.2, 0.25) is 0 Å². The fourth-order valence-electron chi connectivity index (χ4n) is 3.32. The quantitative estimate of drug-likeness (QED) is 0.523. The lowest BCUT2D eigenvalue weighted by Gasteiger charge is -2.24. The van der Waals surface area contributed by atoms with Crippen molar-refractivity contribution in [2.75, 3.05) is 11.9 Å². The van der Waals surface area contributed by atoms with Crippen LogP contribution in [-0.2, 0) is 11.3 Å². The number of rotatable bonds is 4. The number of hydrogen-bond donors (Lipinski definition) is 1. The summed E-state index contributed by atoms with van der Waals surface area (Å²) in [6, 6.07) is 17.0. The minimum absolute atomic E-state index is 0.274. The number of aromatic amines is 1. The molecule has 0 atom stereocenters. The average molecular weight is 431 g/mol. The first-order valence-electron chi connectivity index (χ1n) is 10.3. The number of anilines is 1. The second-order valence-electron chi connectivity index (χ2n) is 8.53. The molecule has 164 valence electrons. The van der Waals surface area contributed by atoms with Gasteiger partial charge in [-0.25, -0.2) is 14.8 Å². The molecule has 2 aromatic carbocycles. The Bertz CT molecular complexity index is 1320. The molecule has 0 fully saturated rings. The number of nitrogens with zero attached hydrogens (tertiary/aromatic N) is 4. The van der Waals surface area contributed by atoms with Gasteiger partial charge in [0.1, 0.15) is 11.4 Å². The molecule has 2 aromatic heterocycles. The van der Waals surface area contributed by atoms with Crippen molar-refractivity contribution >= 4 is 22.9 Å². The lowest BCUT2D eigenvalue weighted by molar-refractivity contribution is 0.0589. The molecular formula is C24H25N5O3. The van der Waals surface area contributed by atoms with Gasteiger partial charge in [0, 0.05) is 24.8 Å². The number of amides is 1. The van der Waals surface area contributed by atoms with Crippen LogP contribution in [0.3, 0.4) is 0 Å². The number of nitrogens with one attached hydrogen (secondary N) is 1. The van der Waals surface area contributed by atoms with Crippen LogP contribution in [0.25, 0.3) is 22.6 Å². The van der Waals surface area contributed by atoms with E-state index in [1.54, 1.807) is 36.1 Å².